The van der Waals surface area contributed by atoms with Crippen LogP contribution in [0.1, 0.15) is 42.5 Å². The van der Waals surface area contributed by atoms with Crippen molar-refractivity contribution in [2.24, 2.45) is 0 Å². The highest BCUT2D eigenvalue weighted by molar-refractivity contribution is 5.99. The monoisotopic (exact) mass is 461 g/mol. The number of likely N-dealkylation sites (tertiary alicyclic amines) is 1. The Bertz CT molecular complexity index is 1330. The summed E-state index contributed by atoms with van der Waals surface area (Å²) < 4.78 is 56.7. The van der Waals surface area contributed by atoms with Crippen molar-refractivity contribution in [3.8, 4) is 11.4 Å². The number of imidazole rings is 1. The summed E-state index contributed by atoms with van der Waals surface area (Å²) in [6, 6.07) is 1.27. The van der Waals surface area contributed by atoms with Crippen molar-refractivity contribution >= 4 is 22.6 Å². The Balaban J connectivity index is 1.65. The van der Waals surface area contributed by atoms with E-state index in [1.165, 1.54) is 22.9 Å². The highest BCUT2D eigenvalue weighted by atomic mass is 19.3. The molecule has 4 aromatic heterocycles. The predicted octanol–water partition coefficient (Wildman–Crippen LogP) is 4.03. The first-order chi connectivity index (χ1) is 15.9. The van der Waals surface area contributed by atoms with Crippen LogP contribution in [0.25, 0.3) is 28.1 Å². The first-order valence-electron chi connectivity index (χ1n) is 10.5. The van der Waals surface area contributed by atoms with Crippen molar-refractivity contribution in [3.05, 3.63) is 42.4 Å². The summed E-state index contributed by atoms with van der Waals surface area (Å²) in [6.45, 7) is 1.15. The van der Waals surface area contributed by atoms with E-state index in [2.05, 4.69) is 20.1 Å². The molecule has 0 aromatic carbocycles. The van der Waals surface area contributed by atoms with Gasteiger partial charge in [-0.2, -0.15) is 5.10 Å². The van der Waals surface area contributed by atoms with Gasteiger partial charge in [-0.05, 0) is 18.9 Å². The molecule has 1 aliphatic heterocycles. The molecule has 5 heterocycles. The molecule has 1 saturated heterocycles. The third-order valence-corrected chi connectivity index (χ3v) is 5.72. The van der Waals surface area contributed by atoms with E-state index in [1.807, 2.05) is 0 Å². The maximum absolute atomic E-state index is 14.5. The molecule has 1 atom stereocenters. The average Bonchev–Trinajstić information content (AvgIpc) is 3.27. The molecule has 12 heteroatoms. The average molecular weight is 461 g/mol. The minimum atomic E-state index is -3.35. The molecule has 8 nitrogen and oxygen atoms in total. The van der Waals surface area contributed by atoms with Crippen LogP contribution in [0.15, 0.2) is 30.9 Å². The Morgan fingerprint density at radius 3 is 2.42 bits per heavy atom. The maximum Gasteiger partial charge on any atom is 0.289 e. The molecule has 1 fully saturated rings. The van der Waals surface area contributed by atoms with Gasteiger partial charge in [-0.25, -0.2) is 32.2 Å². The summed E-state index contributed by atoms with van der Waals surface area (Å²) >= 11 is 0. The van der Waals surface area contributed by atoms with Gasteiger partial charge in [0.2, 0.25) is 5.78 Å². The summed E-state index contributed by atoms with van der Waals surface area (Å²) in [6.07, 6.45) is 2.42. The Kier molecular flexibility index (Phi) is 5.43. The molecule has 0 spiro atoms. The van der Waals surface area contributed by atoms with Gasteiger partial charge in [-0.3, -0.25) is 14.2 Å². The van der Waals surface area contributed by atoms with Crippen LogP contribution in [0.5, 0.6) is 0 Å². The lowest BCUT2D eigenvalue weighted by atomic mass is 10.2. The van der Waals surface area contributed by atoms with E-state index in [-0.39, 0.29) is 39.7 Å². The summed E-state index contributed by atoms with van der Waals surface area (Å²) in [5, 5.41) is 4.27. The number of alkyl halides is 3. The zero-order chi connectivity index (χ0) is 23.1. The van der Waals surface area contributed by atoms with Crippen LogP contribution in [0.3, 0.4) is 0 Å². The molecule has 5 rings (SSSR count). The summed E-state index contributed by atoms with van der Waals surface area (Å²) in [5.74, 6) is -0.841. The van der Waals surface area contributed by atoms with Crippen LogP contribution in [0.2, 0.25) is 0 Å². The number of rotatable bonds is 4. The zero-order valence-corrected chi connectivity index (χ0v) is 17.3. The fraction of sp³-hybridized carbons (Fsp3) is 0.381. The topological polar surface area (TPSA) is 81.2 Å². The normalized spacial score (nSPS) is 16.0. The Labute approximate surface area is 184 Å². The Morgan fingerprint density at radius 1 is 0.970 bits per heavy atom. The predicted molar refractivity (Wildman–Crippen MR) is 110 cm³/mol. The zero-order valence-electron chi connectivity index (χ0n) is 17.3. The number of pyridine rings is 1. The van der Waals surface area contributed by atoms with Crippen molar-refractivity contribution < 1.29 is 22.4 Å². The van der Waals surface area contributed by atoms with Crippen molar-refractivity contribution in [2.75, 3.05) is 13.1 Å². The van der Waals surface area contributed by atoms with Gasteiger partial charge in [-0.1, -0.05) is 12.8 Å². The lowest BCUT2D eigenvalue weighted by Gasteiger charge is -2.19. The molecular weight excluding hydrogens is 442 g/mol. The Hall–Kier alpha value is -3.57. The Morgan fingerprint density at radius 2 is 1.70 bits per heavy atom. The smallest absolute Gasteiger partial charge is 0.289 e. The van der Waals surface area contributed by atoms with Crippen LogP contribution < -0.4 is 0 Å². The fourth-order valence-electron chi connectivity index (χ4n) is 4.09. The highest BCUT2D eigenvalue weighted by Crippen LogP contribution is 2.32. The van der Waals surface area contributed by atoms with Crippen molar-refractivity contribution in [1.29, 1.82) is 0 Å². The fourth-order valence-corrected chi connectivity index (χ4v) is 4.09. The number of carbonyl (C=O) groups excluding carboxylic acids is 1. The SMILES string of the molecule is O=C(c1cc2c(cn1)c(-c1cnc3ncc(F)cn13)nn2C(F)C(F)F)N1CCCCCC1. The van der Waals surface area contributed by atoms with E-state index in [4.69, 9.17) is 0 Å². The summed E-state index contributed by atoms with van der Waals surface area (Å²) in [5.41, 5.74) is 0.278. The van der Waals surface area contributed by atoms with Crippen LogP contribution in [-0.2, 0) is 0 Å². The molecule has 172 valence electrons. The minimum absolute atomic E-state index is 0.0180. The van der Waals surface area contributed by atoms with E-state index in [9.17, 15) is 22.4 Å². The van der Waals surface area contributed by atoms with Gasteiger partial charge in [0, 0.05) is 24.7 Å². The lowest BCUT2D eigenvalue weighted by molar-refractivity contribution is 0.00356. The number of amides is 1. The highest BCUT2D eigenvalue weighted by Gasteiger charge is 2.28. The second kappa shape index (κ2) is 8.41. The molecule has 0 aliphatic carbocycles. The number of aromatic nitrogens is 6. The van der Waals surface area contributed by atoms with E-state index in [0.29, 0.717) is 17.8 Å². The van der Waals surface area contributed by atoms with Gasteiger partial charge in [0.1, 0.15) is 11.4 Å². The van der Waals surface area contributed by atoms with Gasteiger partial charge < -0.3 is 4.90 Å². The molecule has 1 unspecified atom stereocenters. The van der Waals surface area contributed by atoms with Gasteiger partial charge in [0.25, 0.3) is 18.6 Å². The van der Waals surface area contributed by atoms with Gasteiger partial charge >= 0.3 is 0 Å². The largest absolute Gasteiger partial charge is 0.337 e. The number of carbonyl (C=O) groups is 1. The molecule has 0 bridgehead atoms. The molecule has 1 amide bonds. The molecule has 1 aliphatic rings. The quantitative estimate of drug-likeness (QED) is 0.429. The number of hydrogen-bond acceptors (Lipinski definition) is 5. The van der Waals surface area contributed by atoms with E-state index in [1.54, 1.807) is 4.90 Å². The van der Waals surface area contributed by atoms with E-state index >= 15 is 0 Å². The first kappa shape index (κ1) is 21.3. The lowest BCUT2D eigenvalue weighted by Crippen LogP contribution is -2.32. The van der Waals surface area contributed by atoms with Crippen molar-refractivity contribution in [1.82, 2.24) is 34.0 Å². The van der Waals surface area contributed by atoms with Crippen molar-refractivity contribution in [2.45, 2.75) is 38.4 Å². The number of nitrogens with zero attached hydrogens (tertiary/aromatic N) is 7. The third kappa shape index (κ3) is 3.79. The van der Waals surface area contributed by atoms with E-state index in [0.717, 1.165) is 38.1 Å². The minimum Gasteiger partial charge on any atom is -0.337 e. The van der Waals surface area contributed by atoms with Gasteiger partial charge in [-0.15, -0.1) is 0 Å². The standard InChI is InChI=1S/C21H19F4N7O/c22-12-8-27-21-28-10-16(31(21)11-12)17-13-9-26-14(20(33)30-5-3-1-2-4-6-30)7-15(13)32(29-17)19(25)18(23)24/h7-11,18-19H,1-6H2. The summed E-state index contributed by atoms with van der Waals surface area (Å²) in [7, 11) is 0. The molecule has 0 saturated carbocycles. The molecule has 4 aromatic rings. The molecule has 33 heavy (non-hydrogen) atoms. The van der Waals surface area contributed by atoms with Crippen LogP contribution in [-0.4, -0.2) is 59.5 Å². The van der Waals surface area contributed by atoms with Crippen LogP contribution in [0, 0.1) is 5.82 Å². The number of halogens is 4. The first-order valence-corrected chi connectivity index (χ1v) is 10.5. The second-order valence-electron chi connectivity index (χ2n) is 7.88. The summed E-state index contributed by atoms with van der Waals surface area (Å²) in [4.78, 5) is 26.8. The molecular formula is C21H19F4N7O. The van der Waals surface area contributed by atoms with Crippen LogP contribution in [0.4, 0.5) is 17.6 Å². The second-order valence-corrected chi connectivity index (χ2v) is 7.88. The molecule has 0 N–H and O–H groups in total. The van der Waals surface area contributed by atoms with Gasteiger partial charge in [0.05, 0.1) is 29.8 Å². The number of hydrogen-bond donors (Lipinski definition) is 0. The van der Waals surface area contributed by atoms with E-state index < -0.39 is 18.5 Å². The van der Waals surface area contributed by atoms with Crippen LogP contribution >= 0.6 is 0 Å². The maximum atomic E-state index is 14.5. The van der Waals surface area contributed by atoms with Crippen molar-refractivity contribution in [3.63, 3.8) is 0 Å². The molecule has 0 radical (unpaired) electrons. The number of fused-ring (bicyclic) bond motifs is 2. The third-order valence-electron chi connectivity index (χ3n) is 5.72. The van der Waals surface area contributed by atoms with Gasteiger partial charge in [0.15, 0.2) is 5.82 Å².